The maximum atomic E-state index is 13.6. The number of hydrogen-bond acceptors (Lipinski definition) is 13. The summed E-state index contributed by atoms with van der Waals surface area (Å²) in [6.07, 6.45) is -6.56. The molecular formula is C29H31FN4O13. The smallest absolute Gasteiger partial charge is 0.428 e. The molecule has 1 aromatic heterocycles. The number of nitrogens with zero attached hydrogens (tertiary/aromatic N) is 4. The van der Waals surface area contributed by atoms with Gasteiger partial charge in [0, 0.05) is 24.5 Å². The quantitative estimate of drug-likeness (QED) is 0.0428. The first-order valence-corrected chi connectivity index (χ1v) is 14.3. The van der Waals surface area contributed by atoms with Crippen molar-refractivity contribution >= 4 is 34.6 Å². The molecule has 252 valence electrons. The van der Waals surface area contributed by atoms with Crippen LogP contribution >= 0.6 is 0 Å². The van der Waals surface area contributed by atoms with Gasteiger partial charge in [-0.2, -0.15) is 4.73 Å². The van der Waals surface area contributed by atoms with Crippen LogP contribution in [-0.4, -0.2) is 124 Å². The Labute approximate surface area is 264 Å². The number of piperidine rings is 1. The average molecular weight is 663 g/mol. The van der Waals surface area contributed by atoms with E-state index in [0.29, 0.717) is 46.9 Å². The molecule has 3 aromatic rings. The summed E-state index contributed by atoms with van der Waals surface area (Å²) >= 11 is 0. The number of Topliss-reactive ketones (excluding diaryl/α,β-unsaturated/α-hetero) is 1. The SMILES string of the molecule is O=C(C(=O)N1CC(O)N(C(=O)OC(O)(O)O)CC1O)c1cn(O)c2cc(OO)c(C(=O)N3CCC(Cc4ccc(F)cc4)CC3)cc12. The van der Waals surface area contributed by atoms with E-state index in [0.717, 1.165) is 23.9 Å². The van der Waals surface area contributed by atoms with Gasteiger partial charge in [0.25, 0.3) is 17.6 Å². The standard InChI is InChI=1S/C29H31FN4O13/c30-17-3-1-15(2-4-17)9-16-5-7-31(8-6-16)26(38)19-10-18-20(12-34(44)21(18)11-22(19)47-45)25(37)27(39)32-13-24(36)33(14-23(32)35)28(40)46-29(41,42)43/h1-4,10-12,16,23-24,35-36,41-45H,5-9,13-14H2. The molecule has 0 radical (unpaired) electrons. The summed E-state index contributed by atoms with van der Waals surface area (Å²) in [7, 11) is 0. The van der Waals surface area contributed by atoms with Gasteiger partial charge in [-0.3, -0.25) is 19.3 Å². The number of benzene rings is 2. The number of carbonyl (C=O) groups excluding carboxylic acids is 4. The molecular weight excluding hydrogens is 631 g/mol. The number of ketones is 1. The van der Waals surface area contributed by atoms with Gasteiger partial charge in [-0.25, -0.2) is 14.4 Å². The number of fused-ring (bicyclic) bond motifs is 1. The number of rotatable bonds is 7. The van der Waals surface area contributed by atoms with E-state index >= 15 is 0 Å². The van der Waals surface area contributed by atoms with E-state index in [4.69, 9.17) is 15.3 Å². The maximum absolute atomic E-state index is 13.6. The fourth-order valence-electron chi connectivity index (χ4n) is 5.75. The molecule has 5 rings (SSSR count). The van der Waals surface area contributed by atoms with Crippen LogP contribution in [0.15, 0.2) is 42.6 Å². The highest BCUT2D eigenvalue weighted by Crippen LogP contribution is 2.32. The summed E-state index contributed by atoms with van der Waals surface area (Å²) < 4.78 is 17.6. The third-order valence-electron chi connectivity index (χ3n) is 8.15. The molecule has 0 spiro atoms. The minimum Gasteiger partial charge on any atom is -0.428 e. The van der Waals surface area contributed by atoms with Crippen molar-refractivity contribution in [3.05, 3.63) is 65.1 Å². The van der Waals surface area contributed by atoms with E-state index in [1.54, 1.807) is 12.1 Å². The molecule has 17 nitrogen and oxygen atoms in total. The summed E-state index contributed by atoms with van der Waals surface area (Å²) in [4.78, 5) is 58.9. The molecule has 7 N–H and O–H groups in total. The van der Waals surface area contributed by atoms with Gasteiger partial charge in [0.15, 0.2) is 5.75 Å². The lowest BCUT2D eigenvalue weighted by molar-refractivity contribution is -0.433. The topological polar surface area (TPSA) is 243 Å². The highest BCUT2D eigenvalue weighted by molar-refractivity contribution is 6.45. The summed E-state index contributed by atoms with van der Waals surface area (Å²) in [5.41, 5.74) is 0.233. The first-order chi connectivity index (χ1) is 22.2. The van der Waals surface area contributed by atoms with Gasteiger partial charge in [-0.1, -0.05) is 12.1 Å². The Balaban J connectivity index is 1.33. The first kappa shape index (κ1) is 33.5. The van der Waals surface area contributed by atoms with Crippen molar-refractivity contribution in [2.75, 3.05) is 26.2 Å². The van der Waals surface area contributed by atoms with Crippen molar-refractivity contribution in [2.24, 2.45) is 5.92 Å². The van der Waals surface area contributed by atoms with Crippen LogP contribution in [0.1, 0.15) is 39.1 Å². The molecule has 2 aromatic carbocycles. The molecule has 18 heteroatoms. The van der Waals surface area contributed by atoms with Crippen LogP contribution in [0.3, 0.4) is 0 Å². The molecule has 0 saturated carbocycles. The minimum absolute atomic E-state index is 0.0939. The summed E-state index contributed by atoms with van der Waals surface area (Å²) in [5.74, 6) is -3.67. The van der Waals surface area contributed by atoms with E-state index in [1.807, 2.05) is 0 Å². The monoisotopic (exact) mass is 662 g/mol. The molecule has 3 amide bonds. The second-order valence-corrected chi connectivity index (χ2v) is 11.3. The van der Waals surface area contributed by atoms with Crippen molar-refractivity contribution in [1.29, 1.82) is 0 Å². The summed E-state index contributed by atoms with van der Waals surface area (Å²) in [5, 5.41) is 67.2. The normalized spacial score (nSPS) is 19.2. The van der Waals surface area contributed by atoms with E-state index in [9.17, 15) is 44.2 Å². The van der Waals surface area contributed by atoms with Crippen molar-refractivity contribution in [2.45, 2.75) is 37.9 Å². The number of aliphatic hydroxyl groups is 5. The second-order valence-electron chi connectivity index (χ2n) is 11.3. The maximum Gasteiger partial charge on any atom is 0.456 e. The number of halogens is 1. The average Bonchev–Trinajstić information content (AvgIpc) is 3.35. The van der Waals surface area contributed by atoms with Crippen molar-refractivity contribution in [3.63, 3.8) is 0 Å². The van der Waals surface area contributed by atoms with Crippen LogP contribution < -0.4 is 4.89 Å². The second kappa shape index (κ2) is 13.1. The lowest BCUT2D eigenvalue weighted by atomic mass is 9.90. The van der Waals surface area contributed by atoms with Gasteiger partial charge in [0.05, 0.1) is 35.9 Å². The molecule has 47 heavy (non-hydrogen) atoms. The third kappa shape index (κ3) is 7.12. The number of aromatic nitrogens is 1. The largest absolute Gasteiger partial charge is 0.456 e. The van der Waals surface area contributed by atoms with Crippen LogP contribution in [0.2, 0.25) is 0 Å². The van der Waals surface area contributed by atoms with Crippen LogP contribution in [0, 0.1) is 11.7 Å². The zero-order valence-electron chi connectivity index (χ0n) is 24.5. The fraction of sp³-hybridized carbons (Fsp3) is 0.379. The molecule has 2 fully saturated rings. The van der Waals surface area contributed by atoms with Crippen molar-refractivity contribution < 1.29 is 69.2 Å². The van der Waals surface area contributed by atoms with E-state index < -0.39 is 61.0 Å². The van der Waals surface area contributed by atoms with Crippen LogP contribution in [0.4, 0.5) is 9.18 Å². The number of hydrogen-bond donors (Lipinski definition) is 7. The molecule has 2 aliphatic rings. The number of likely N-dealkylation sites (tertiary alicyclic amines) is 1. The van der Waals surface area contributed by atoms with Crippen LogP contribution in [0.25, 0.3) is 10.9 Å². The Morgan fingerprint density at radius 3 is 2.15 bits per heavy atom. The van der Waals surface area contributed by atoms with Gasteiger partial charge in [-0.05, 0) is 48.9 Å². The molecule has 2 saturated heterocycles. The fourth-order valence-corrected chi connectivity index (χ4v) is 5.75. The number of β-amino-alcohol motifs (C(OH)–C–C–N with tert-alkyl or cyclic N) is 2. The Morgan fingerprint density at radius 1 is 0.915 bits per heavy atom. The van der Waals surface area contributed by atoms with Crippen molar-refractivity contribution in [3.8, 4) is 5.75 Å². The molecule has 2 aliphatic heterocycles. The Hall–Kier alpha value is -4.85. The lowest BCUT2D eigenvalue weighted by Gasteiger charge is -2.41. The Morgan fingerprint density at radius 2 is 1.53 bits per heavy atom. The Kier molecular flexibility index (Phi) is 9.34. The summed E-state index contributed by atoms with van der Waals surface area (Å²) in [6.45, 7) is -1.03. The molecule has 0 aliphatic carbocycles. The van der Waals surface area contributed by atoms with Gasteiger partial charge >= 0.3 is 12.3 Å². The number of amides is 3. The van der Waals surface area contributed by atoms with Gasteiger partial charge < -0.3 is 50.2 Å². The van der Waals surface area contributed by atoms with Gasteiger partial charge in [-0.15, -0.1) is 0 Å². The highest BCUT2D eigenvalue weighted by Gasteiger charge is 2.42. The minimum atomic E-state index is -3.88. The van der Waals surface area contributed by atoms with Gasteiger partial charge in [0.2, 0.25) is 0 Å². The van der Waals surface area contributed by atoms with Crippen molar-refractivity contribution in [1.82, 2.24) is 19.4 Å². The molecule has 2 unspecified atom stereocenters. The number of piperazine rings is 1. The van der Waals surface area contributed by atoms with E-state index in [-0.39, 0.29) is 34.0 Å². The number of carbonyl (C=O) groups is 4. The Bertz CT molecular complexity index is 1680. The summed E-state index contributed by atoms with van der Waals surface area (Å²) in [6, 6.07) is 8.42. The first-order valence-electron chi connectivity index (χ1n) is 14.3. The zero-order valence-corrected chi connectivity index (χ0v) is 24.5. The number of ether oxygens (including phenoxy) is 1. The van der Waals surface area contributed by atoms with Crippen LogP contribution in [0.5, 0.6) is 5.75 Å². The molecule has 0 bridgehead atoms. The predicted molar refractivity (Wildman–Crippen MR) is 152 cm³/mol. The van der Waals surface area contributed by atoms with Gasteiger partial charge in [0.1, 0.15) is 18.3 Å². The predicted octanol–water partition coefficient (Wildman–Crippen LogP) is -0.347. The van der Waals surface area contributed by atoms with Crippen LogP contribution in [-0.2, 0) is 16.0 Å². The highest BCUT2D eigenvalue weighted by atomic mass is 19.1. The lowest BCUT2D eigenvalue weighted by Crippen LogP contribution is -2.63. The molecule has 3 heterocycles. The third-order valence-corrected chi connectivity index (χ3v) is 8.15. The zero-order chi connectivity index (χ0) is 34.2. The van der Waals surface area contributed by atoms with E-state index in [2.05, 4.69) is 9.62 Å². The number of aliphatic hydroxyl groups excluding tert-OH is 2. The molecule has 2 atom stereocenters. The van der Waals surface area contributed by atoms with E-state index in [1.165, 1.54) is 17.0 Å².